The summed E-state index contributed by atoms with van der Waals surface area (Å²) in [6.07, 6.45) is 4.88. The second-order valence-electron chi connectivity index (χ2n) is 3.85. The highest BCUT2D eigenvalue weighted by Gasteiger charge is 2.18. The Kier molecular flexibility index (Phi) is 5.88. The lowest BCUT2D eigenvalue weighted by Crippen LogP contribution is -2.02. The van der Waals surface area contributed by atoms with Gasteiger partial charge in [0.15, 0.2) is 0 Å². The van der Waals surface area contributed by atoms with Gasteiger partial charge in [-0.3, -0.25) is 10.1 Å². The number of nitriles is 1. The highest BCUT2D eigenvalue weighted by molar-refractivity contribution is 9.11. The van der Waals surface area contributed by atoms with Crippen LogP contribution < -0.4 is 0 Å². The first-order chi connectivity index (χ1) is 9.53. The van der Waals surface area contributed by atoms with Crippen molar-refractivity contribution in [3.63, 3.8) is 0 Å². The summed E-state index contributed by atoms with van der Waals surface area (Å²) in [6.45, 7) is 3.53. The molecule has 102 valence electrons. The summed E-state index contributed by atoms with van der Waals surface area (Å²) in [5.74, 6) is 0. The zero-order chi connectivity index (χ0) is 15.1. The van der Waals surface area contributed by atoms with E-state index in [4.69, 9.17) is 5.26 Å². The molecule has 0 aliphatic heterocycles. The van der Waals surface area contributed by atoms with Crippen LogP contribution in [0.5, 0.6) is 0 Å². The second-order valence-corrected chi connectivity index (χ2v) is 4.77. The molecule has 0 aliphatic carbocycles. The van der Waals surface area contributed by atoms with Gasteiger partial charge in [-0.1, -0.05) is 40.2 Å². The fourth-order valence-electron chi connectivity index (χ4n) is 1.63. The minimum Gasteiger partial charge on any atom is -0.258 e. The molecule has 0 unspecified atom stereocenters. The fraction of sp³-hybridized carbons (Fsp3) is 0.133. The van der Waals surface area contributed by atoms with Gasteiger partial charge in [-0.2, -0.15) is 5.26 Å². The number of hydrogen-bond donors (Lipinski definition) is 0. The molecule has 0 radical (unpaired) electrons. The van der Waals surface area contributed by atoms with Crippen LogP contribution in [-0.2, 0) is 0 Å². The van der Waals surface area contributed by atoms with Crippen LogP contribution in [0.4, 0.5) is 0 Å². The Morgan fingerprint density at radius 3 is 2.30 bits per heavy atom. The lowest BCUT2D eigenvalue weighted by molar-refractivity contribution is -0.416. The highest BCUT2D eigenvalue weighted by Crippen LogP contribution is 2.26. The average molecular weight is 333 g/mol. The number of benzene rings is 1. The molecule has 0 fully saturated rings. The number of hydrogen-bond acceptors (Lipinski definition) is 3. The molecule has 0 saturated carbocycles. The van der Waals surface area contributed by atoms with Crippen LogP contribution >= 0.6 is 15.9 Å². The van der Waals surface area contributed by atoms with Crippen LogP contribution in [0.15, 0.2) is 52.7 Å². The zero-order valence-electron chi connectivity index (χ0n) is 11.1. The third-order valence-electron chi connectivity index (χ3n) is 2.64. The lowest BCUT2D eigenvalue weighted by atomic mass is 10.0. The molecule has 0 aromatic heterocycles. The van der Waals surface area contributed by atoms with E-state index in [9.17, 15) is 10.1 Å². The molecule has 0 aliphatic rings. The van der Waals surface area contributed by atoms with Crippen LogP contribution in [-0.4, -0.2) is 4.92 Å². The topological polar surface area (TPSA) is 66.9 Å². The van der Waals surface area contributed by atoms with E-state index >= 15 is 0 Å². The summed E-state index contributed by atoms with van der Waals surface area (Å²) in [7, 11) is 0. The van der Waals surface area contributed by atoms with E-state index in [1.165, 1.54) is 6.08 Å². The molecule has 20 heavy (non-hydrogen) atoms. The first-order valence-electron chi connectivity index (χ1n) is 5.88. The average Bonchev–Trinajstić information content (AvgIpc) is 2.47. The van der Waals surface area contributed by atoms with Crippen LogP contribution in [0.25, 0.3) is 5.57 Å². The maximum Gasteiger partial charge on any atom is 0.277 e. The molecule has 0 N–H and O–H groups in total. The molecule has 0 spiro atoms. The van der Waals surface area contributed by atoms with Crippen LogP contribution in [0.2, 0.25) is 0 Å². The van der Waals surface area contributed by atoms with Crippen molar-refractivity contribution in [3.05, 3.63) is 73.9 Å². The first kappa shape index (κ1) is 15.9. The molecule has 5 heteroatoms. The van der Waals surface area contributed by atoms with Crippen molar-refractivity contribution in [1.29, 1.82) is 5.26 Å². The number of allylic oxidation sites excluding steroid dienone is 5. The number of halogens is 1. The van der Waals surface area contributed by atoms with Crippen molar-refractivity contribution in [2.45, 2.75) is 13.8 Å². The third kappa shape index (κ3) is 3.90. The number of rotatable bonds is 4. The van der Waals surface area contributed by atoms with E-state index in [0.29, 0.717) is 21.2 Å². The minimum atomic E-state index is -0.418. The molecule has 1 rings (SSSR count). The van der Waals surface area contributed by atoms with E-state index in [-0.39, 0.29) is 5.70 Å². The van der Waals surface area contributed by atoms with E-state index in [1.54, 1.807) is 50.3 Å². The molecule has 0 saturated heterocycles. The quantitative estimate of drug-likeness (QED) is 0.465. The van der Waals surface area contributed by atoms with Gasteiger partial charge in [-0.25, -0.2) is 0 Å². The van der Waals surface area contributed by atoms with E-state index in [1.807, 2.05) is 6.07 Å². The lowest BCUT2D eigenvalue weighted by Gasteiger charge is -2.05. The second kappa shape index (κ2) is 7.41. The Hall–Kier alpha value is -2.19. The fourth-order valence-corrected chi connectivity index (χ4v) is 1.85. The number of nitrogens with zero attached hydrogens (tertiary/aromatic N) is 2. The Morgan fingerprint density at radius 2 is 1.90 bits per heavy atom. The molecule has 0 amide bonds. The molecule has 1 aromatic rings. The predicted molar refractivity (Wildman–Crippen MR) is 82.6 cm³/mol. The van der Waals surface area contributed by atoms with Crippen molar-refractivity contribution in [2.75, 3.05) is 0 Å². The predicted octanol–water partition coefficient (Wildman–Crippen LogP) is 4.42. The summed E-state index contributed by atoms with van der Waals surface area (Å²) in [5.41, 5.74) is 1.73. The molecule has 0 heterocycles. The van der Waals surface area contributed by atoms with Gasteiger partial charge < -0.3 is 0 Å². The Bertz CT molecular complexity index is 635. The van der Waals surface area contributed by atoms with Gasteiger partial charge in [0.05, 0.1) is 22.1 Å². The Balaban J connectivity index is 3.32. The van der Waals surface area contributed by atoms with Crippen LogP contribution in [0, 0.1) is 21.4 Å². The zero-order valence-corrected chi connectivity index (χ0v) is 12.7. The standard InChI is InChI=1S/C15H13BrN2O2/c1-3-13(16)9-15(18(19)20)14(4-2)12-7-5-11(10-17)6-8-12/h3-9H,1-2H3/b13-3+,14-4-,15-9+. The maximum absolute atomic E-state index is 11.2. The monoisotopic (exact) mass is 332 g/mol. The highest BCUT2D eigenvalue weighted by atomic mass is 79.9. The molecule has 0 atom stereocenters. The molecular weight excluding hydrogens is 320 g/mol. The van der Waals surface area contributed by atoms with E-state index in [0.717, 1.165) is 0 Å². The molecule has 0 bridgehead atoms. The van der Waals surface area contributed by atoms with Crippen molar-refractivity contribution in [1.82, 2.24) is 0 Å². The minimum absolute atomic E-state index is 0.00202. The van der Waals surface area contributed by atoms with Gasteiger partial charge in [-0.05, 0) is 31.5 Å². The largest absolute Gasteiger partial charge is 0.277 e. The normalized spacial score (nSPS) is 13.0. The summed E-state index contributed by atoms with van der Waals surface area (Å²) in [5, 5.41) is 20.0. The summed E-state index contributed by atoms with van der Waals surface area (Å²) < 4.78 is 0.636. The SMILES string of the molecule is C\C=C(/C(=C\C(Br)=C/C)[N+](=O)[O-])c1ccc(C#N)cc1. The van der Waals surface area contributed by atoms with Crippen LogP contribution in [0.3, 0.4) is 0 Å². The molecule has 1 aromatic carbocycles. The van der Waals surface area contributed by atoms with E-state index in [2.05, 4.69) is 15.9 Å². The number of nitro groups is 1. The van der Waals surface area contributed by atoms with E-state index < -0.39 is 4.92 Å². The van der Waals surface area contributed by atoms with Gasteiger partial charge in [0.2, 0.25) is 0 Å². The summed E-state index contributed by atoms with van der Waals surface area (Å²) in [6, 6.07) is 8.71. The van der Waals surface area contributed by atoms with Crippen molar-refractivity contribution in [3.8, 4) is 6.07 Å². The first-order valence-corrected chi connectivity index (χ1v) is 6.68. The van der Waals surface area contributed by atoms with Gasteiger partial charge >= 0.3 is 0 Å². The Labute approximate surface area is 126 Å². The van der Waals surface area contributed by atoms with Gasteiger partial charge in [0.25, 0.3) is 5.70 Å². The van der Waals surface area contributed by atoms with Gasteiger partial charge in [0, 0.05) is 10.6 Å². The summed E-state index contributed by atoms with van der Waals surface area (Å²) in [4.78, 5) is 10.8. The maximum atomic E-state index is 11.2. The van der Waals surface area contributed by atoms with Crippen molar-refractivity contribution >= 4 is 21.5 Å². The van der Waals surface area contributed by atoms with Gasteiger partial charge in [0.1, 0.15) is 0 Å². The van der Waals surface area contributed by atoms with Crippen LogP contribution in [0.1, 0.15) is 25.0 Å². The Morgan fingerprint density at radius 1 is 1.30 bits per heavy atom. The van der Waals surface area contributed by atoms with Crippen molar-refractivity contribution in [2.24, 2.45) is 0 Å². The van der Waals surface area contributed by atoms with Gasteiger partial charge in [-0.15, -0.1) is 0 Å². The third-order valence-corrected chi connectivity index (χ3v) is 3.32. The summed E-state index contributed by atoms with van der Waals surface area (Å²) >= 11 is 3.25. The molecule has 4 nitrogen and oxygen atoms in total. The van der Waals surface area contributed by atoms with Crippen molar-refractivity contribution < 1.29 is 4.92 Å². The molecular formula is C15H13BrN2O2. The smallest absolute Gasteiger partial charge is 0.258 e.